The average Bonchev–Trinajstić information content (AvgIpc) is 3.18. The Morgan fingerprint density at radius 1 is 1.39 bits per heavy atom. The number of carbonyl (C=O) groups excluding carboxylic acids is 1. The fourth-order valence-electron chi connectivity index (χ4n) is 2.53. The van der Waals surface area contributed by atoms with Crippen LogP contribution in [0.1, 0.15) is 38.1 Å². The lowest BCUT2D eigenvalue weighted by molar-refractivity contribution is -0.120. The van der Waals surface area contributed by atoms with Crippen LogP contribution in [0.5, 0.6) is 0 Å². The molecule has 1 heterocycles. The molecular weight excluding hydrogens is 354 g/mol. The minimum Gasteiger partial charge on any atom is -0.359 e. The zero-order valence-corrected chi connectivity index (χ0v) is 16.4. The Labute approximate surface area is 164 Å². The molecule has 0 aliphatic carbocycles. The van der Waals surface area contributed by atoms with E-state index >= 15 is 0 Å². The summed E-state index contributed by atoms with van der Waals surface area (Å²) < 4.78 is 5.16. The third-order valence-corrected chi connectivity index (χ3v) is 3.90. The quantitative estimate of drug-likeness (QED) is 0.646. The number of hydrogen-bond acceptors (Lipinski definition) is 6. The second kappa shape index (κ2) is 10.7. The fraction of sp³-hybridized carbons (Fsp3) is 0.286. The fourth-order valence-corrected chi connectivity index (χ4v) is 2.53. The van der Waals surface area contributed by atoms with Crippen molar-refractivity contribution in [3.05, 3.63) is 53.9 Å². The third-order valence-electron chi connectivity index (χ3n) is 3.90. The molecule has 1 aromatic carbocycles. The van der Waals surface area contributed by atoms with Gasteiger partial charge < -0.3 is 15.2 Å². The lowest BCUT2D eigenvalue weighted by Gasteiger charge is -2.06. The van der Waals surface area contributed by atoms with Gasteiger partial charge in [0.25, 0.3) is 0 Å². The molecule has 1 aromatic heterocycles. The molecule has 0 fully saturated rings. The maximum absolute atomic E-state index is 11.5. The Morgan fingerprint density at radius 2 is 2.21 bits per heavy atom. The van der Waals surface area contributed by atoms with Crippen LogP contribution in [0, 0.1) is 5.41 Å². The molecule has 7 heteroatoms. The van der Waals surface area contributed by atoms with Gasteiger partial charge in [0.2, 0.25) is 17.6 Å². The summed E-state index contributed by atoms with van der Waals surface area (Å²) in [5.74, 6) is 0.514. The smallest absolute Gasteiger partial charge is 0.236 e. The van der Waals surface area contributed by atoms with Crippen LogP contribution >= 0.6 is 0 Å². The number of nitrogens with one attached hydrogen (secondary N) is 2. The largest absolute Gasteiger partial charge is 0.359 e. The molecule has 146 valence electrons. The van der Waals surface area contributed by atoms with Gasteiger partial charge in [-0.3, -0.25) is 9.79 Å². The van der Waals surface area contributed by atoms with Crippen LogP contribution in [0.4, 0.5) is 0 Å². The molecule has 0 bridgehead atoms. The zero-order valence-electron chi connectivity index (χ0n) is 16.4. The summed E-state index contributed by atoms with van der Waals surface area (Å²) in [5, 5.41) is 13.7. The number of amides is 1. The number of benzene rings is 1. The molecule has 28 heavy (non-hydrogen) atoms. The van der Waals surface area contributed by atoms with E-state index in [9.17, 15) is 4.79 Å². The number of aromatic nitrogens is 2. The molecule has 2 N–H and O–H groups in total. The standard InChI is InChI=1S/C21H25N5O2/c1-4-8-17(11-7-12-22)24-18(5-2)15-9-6-10-16(13-15)21-25-20(28-26-21)14-19(27)23-3/h5-7,9-13,22H,4,8,14H2,1-3H3,(H,23,27). The molecule has 0 radical (unpaired) electrons. The molecule has 1 amide bonds. The first-order valence-electron chi connectivity index (χ1n) is 9.16. The van der Waals surface area contributed by atoms with Crippen LogP contribution in [0.15, 0.2) is 52.0 Å². The van der Waals surface area contributed by atoms with Crippen molar-refractivity contribution in [1.82, 2.24) is 15.5 Å². The van der Waals surface area contributed by atoms with Gasteiger partial charge in [-0.15, -0.1) is 0 Å². The van der Waals surface area contributed by atoms with Gasteiger partial charge in [0.05, 0.1) is 5.70 Å². The highest BCUT2D eigenvalue weighted by Gasteiger charge is 2.12. The van der Waals surface area contributed by atoms with Crippen molar-refractivity contribution in [2.45, 2.75) is 33.1 Å². The second-order valence-electron chi connectivity index (χ2n) is 6.00. The van der Waals surface area contributed by atoms with E-state index in [-0.39, 0.29) is 18.2 Å². The summed E-state index contributed by atoms with van der Waals surface area (Å²) in [7, 11) is 1.56. The summed E-state index contributed by atoms with van der Waals surface area (Å²) in [5.41, 5.74) is 3.45. The first-order chi connectivity index (χ1) is 13.6. The minimum absolute atomic E-state index is 0.0489. The van der Waals surface area contributed by atoms with Crippen LogP contribution in [0.25, 0.3) is 17.1 Å². The van der Waals surface area contributed by atoms with Crippen molar-refractivity contribution in [2.75, 3.05) is 7.05 Å². The van der Waals surface area contributed by atoms with Crippen LogP contribution in [-0.2, 0) is 11.2 Å². The summed E-state index contributed by atoms with van der Waals surface area (Å²) in [6.07, 6.45) is 8.56. The summed E-state index contributed by atoms with van der Waals surface area (Å²) in [6.45, 7) is 4.03. The molecule has 2 aromatic rings. The van der Waals surface area contributed by atoms with Gasteiger partial charge in [0.15, 0.2) is 0 Å². The number of likely N-dealkylation sites (N-methyl/N-ethyl adjacent to an activating group) is 1. The zero-order chi connectivity index (χ0) is 20.4. The maximum atomic E-state index is 11.5. The van der Waals surface area contributed by atoms with Crippen LogP contribution in [-0.4, -0.2) is 35.0 Å². The van der Waals surface area contributed by atoms with Crippen LogP contribution in [0.3, 0.4) is 0 Å². The SMILES string of the molecule is CC=C(N=C(C=CC=N)CCC)c1cccc(-c2noc(CC(=O)NC)n2)c1. The number of rotatable bonds is 9. The Kier molecular flexibility index (Phi) is 8.02. The summed E-state index contributed by atoms with van der Waals surface area (Å²) >= 11 is 0. The Balaban J connectivity index is 2.31. The minimum atomic E-state index is -0.184. The molecule has 7 nitrogen and oxygen atoms in total. The number of aliphatic imine (C=N–C) groups is 1. The molecule has 0 atom stereocenters. The first-order valence-corrected chi connectivity index (χ1v) is 9.16. The lowest BCUT2D eigenvalue weighted by Crippen LogP contribution is -2.20. The third kappa shape index (κ3) is 5.84. The van der Waals surface area contributed by atoms with Crippen LogP contribution < -0.4 is 5.32 Å². The monoisotopic (exact) mass is 379 g/mol. The van der Waals surface area contributed by atoms with Crippen molar-refractivity contribution in [1.29, 1.82) is 5.41 Å². The Bertz CT molecular complexity index is 909. The highest BCUT2D eigenvalue weighted by Crippen LogP contribution is 2.23. The maximum Gasteiger partial charge on any atom is 0.236 e. The van der Waals surface area contributed by atoms with Crippen molar-refractivity contribution < 1.29 is 9.32 Å². The number of hydrogen-bond donors (Lipinski definition) is 2. The molecule has 0 saturated heterocycles. The second-order valence-corrected chi connectivity index (χ2v) is 6.00. The van der Waals surface area contributed by atoms with Crippen molar-refractivity contribution >= 4 is 23.5 Å². The van der Waals surface area contributed by atoms with Crippen molar-refractivity contribution in [2.24, 2.45) is 4.99 Å². The van der Waals surface area contributed by atoms with Crippen LogP contribution in [0.2, 0.25) is 0 Å². The van der Waals surface area contributed by atoms with Crippen molar-refractivity contribution in [3.8, 4) is 11.4 Å². The van der Waals surface area contributed by atoms with E-state index in [4.69, 9.17) is 14.9 Å². The van der Waals surface area contributed by atoms with E-state index in [1.807, 2.05) is 43.3 Å². The number of allylic oxidation sites excluding steroid dienone is 3. The summed E-state index contributed by atoms with van der Waals surface area (Å²) in [4.78, 5) is 20.5. The van der Waals surface area contributed by atoms with Gasteiger partial charge in [-0.05, 0) is 31.6 Å². The molecule has 0 aliphatic rings. The highest BCUT2D eigenvalue weighted by molar-refractivity contribution is 6.00. The predicted octanol–water partition coefficient (Wildman–Crippen LogP) is 3.83. The van der Waals surface area contributed by atoms with Gasteiger partial charge >= 0.3 is 0 Å². The lowest BCUT2D eigenvalue weighted by atomic mass is 10.1. The van der Waals surface area contributed by atoms with E-state index in [0.717, 1.165) is 35.4 Å². The molecule has 2 rings (SSSR count). The van der Waals surface area contributed by atoms with Crippen molar-refractivity contribution in [3.63, 3.8) is 0 Å². The van der Waals surface area contributed by atoms with Gasteiger partial charge in [-0.1, -0.05) is 42.8 Å². The molecular formula is C21H25N5O2. The Hall–Kier alpha value is -3.35. The van der Waals surface area contributed by atoms with E-state index in [0.29, 0.717) is 5.82 Å². The van der Waals surface area contributed by atoms with E-state index in [1.165, 1.54) is 6.21 Å². The van der Waals surface area contributed by atoms with Gasteiger partial charge in [-0.2, -0.15) is 4.98 Å². The highest BCUT2D eigenvalue weighted by atomic mass is 16.5. The molecule has 0 spiro atoms. The normalized spacial score (nSPS) is 12.4. The number of nitrogens with zero attached hydrogens (tertiary/aromatic N) is 3. The predicted molar refractivity (Wildman–Crippen MR) is 111 cm³/mol. The molecule has 0 unspecified atom stereocenters. The molecule has 0 aliphatic heterocycles. The van der Waals surface area contributed by atoms with Gasteiger partial charge in [0, 0.05) is 30.1 Å². The number of carbonyl (C=O) groups is 1. The van der Waals surface area contributed by atoms with Gasteiger partial charge in [-0.25, -0.2) is 0 Å². The average molecular weight is 379 g/mol. The first kappa shape index (κ1) is 21.0. The van der Waals surface area contributed by atoms with E-state index in [1.54, 1.807) is 13.1 Å². The van der Waals surface area contributed by atoms with E-state index < -0.39 is 0 Å². The Morgan fingerprint density at radius 3 is 2.89 bits per heavy atom. The molecule has 0 saturated carbocycles. The summed E-state index contributed by atoms with van der Waals surface area (Å²) in [6, 6.07) is 7.71. The van der Waals surface area contributed by atoms with Gasteiger partial charge in [0.1, 0.15) is 6.42 Å². The van der Waals surface area contributed by atoms with E-state index in [2.05, 4.69) is 22.4 Å². The topological polar surface area (TPSA) is 104 Å².